The zero-order valence-electron chi connectivity index (χ0n) is 9.73. The molecule has 2 aromatic rings. The van der Waals surface area contributed by atoms with E-state index in [4.69, 9.17) is 10.5 Å². The van der Waals surface area contributed by atoms with Crippen LogP contribution in [0, 0.1) is 6.92 Å². The molecule has 1 aromatic heterocycles. The molecule has 2 rings (SSSR count). The van der Waals surface area contributed by atoms with E-state index in [9.17, 15) is 0 Å². The van der Waals surface area contributed by atoms with Gasteiger partial charge >= 0.3 is 0 Å². The van der Waals surface area contributed by atoms with E-state index in [1.54, 1.807) is 7.11 Å². The zero-order chi connectivity index (χ0) is 11.5. The third kappa shape index (κ3) is 2.02. The van der Waals surface area contributed by atoms with Gasteiger partial charge in [-0.15, -0.1) is 0 Å². The van der Waals surface area contributed by atoms with Gasteiger partial charge < -0.3 is 15.0 Å². The fraction of sp³-hybridized carbons (Fsp3) is 0.417. The Hall–Kier alpha value is -1.55. The van der Waals surface area contributed by atoms with E-state index in [-0.39, 0.29) is 0 Å². The van der Waals surface area contributed by atoms with Crippen molar-refractivity contribution in [2.24, 2.45) is 0 Å². The van der Waals surface area contributed by atoms with Crippen LogP contribution in [0.2, 0.25) is 0 Å². The topological polar surface area (TPSA) is 53.1 Å². The maximum atomic E-state index is 5.90. The Kier molecular flexibility index (Phi) is 3.10. The summed E-state index contributed by atoms with van der Waals surface area (Å²) in [5.74, 6) is 0.580. The van der Waals surface area contributed by atoms with E-state index >= 15 is 0 Å². The Morgan fingerprint density at radius 2 is 2.25 bits per heavy atom. The quantitative estimate of drug-likeness (QED) is 0.800. The number of methoxy groups -OCH3 is 1. The van der Waals surface area contributed by atoms with Crippen molar-refractivity contribution in [1.82, 2.24) is 9.55 Å². The molecule has 0 bridgehead atoms. The molecule has 0 unspecified atom stereocenters. The lowest BCUT2D eigenvalue weighted by molar-refractivity contribution is 0.191. The maximum absolute atomic E-state index is 5.90. The van der Waals surface area contributed by atoms with E-state index in [0.717, 1.165) is 30.6 Å². The van der Waals surface area contributed by atoms with Crippen LogP contribution in [0.25, 0.3) is 11.0 Å². The first-order chi connectivity index (χ1) is 7.72. The Bertz CT molecular complexity index is 490. The summed E-state index contributed by atoms with van der Waals surface area (Å²) < 4.78 is 7.08. The van der Waals surface area contributed by atoms with Gasteiger partial charge in [0.15, 0.2) is 0 Å². The fourth-order valence-corrected chi connectivity index (χ4v) is 1.85. The minimum absolute atomic E-state index is 0.580. The fourth-order valence-electron chi connectivity index (χ4n) is 1.85. The normalized spacial score (nSPS) is 11.1. The highest BCUT2D eigenvalue weighted by atomic mass is 16.5. The molecule has 0 aliphatic heterocycles. The number of hydrogen-bond acceptors (Lipinski definition) is 3. The number of anilines is 1. The molecule has 0 atom stereocenters. The predicted molar refractivity (Wildman–Crippen MR) is 65.4 cm³/mol. The van der Waals surface area contributed by atoms with Gasteiger partial charge in [-0.1, -0.05) is 6.07 Å². The predicted octanol–water partition coefficient (Wildman–Crippen LogP) is 1.96. The SMILES string of the molecule is COCCCn1c(N)nc2ccc(C)cc21. The van der Waals surface area contributed by atoms with E-state index in [1.165, 1.54) is 5.56 Å². The van der Waals surface area contributed by atoms with Crippen LogP contribution in [0.15, 0.2) is 18.2 Å². The van der Waals surface area contributed by atoms with Crippen molar-refractivity contribution in [3.05, 3.63) is 23.8 Å². The van der Waals surface area contributed by atoms with Crippen LogP contribution in [0.5, 0.6) is 0 Å². The third-order valence-corrected chi connectivity index (χ3v) is 2.66. The summed E-state index contributed by atoms with van der Waals surface area (Å²) in [7, 11) is 1.71. The number of nitrogen functional groups attached to an aromatic ring is 1. The van der Waals surface area contributed by atoms with E-state index in [2.05, 4.69) is 18.0 Å². The molecule has 4 heteroatoms. The van der Waals surface area contributed by atoms with Gasteiger partial charge in [0.05, 0.1) is 11.0 Å². The van der Waals surface area contributed by atoms with Gasteiger partial charge in [0.1, 0.15) is 0 Å². The molecule has 1 heterocycles. The lowest BCUT2D eigenvalue weighted by atomic mass is 10.2. The Balaban J connectivity index is 2.34. The van der Waals surface area contributed by atoms with Crippen LogP contribution in [0.3, 0.4) is 0 Å². The molecule has 4 nitrogen and oxygen atoms in total. The molecule has 0 aliphatic rings. The first-order valence-corrected chi connectivity index (χ1v) is 5.43. The highest BCUT2D eigenvalue weighted by Gasteiger charge is 2.07. The molecule has 2 N–H and O–H groups in total. The van der Waals surface area contributed by atoms with Gasteiger partial charge in [-0.3, -0.25) is 0 Å². The van der Waals surface area contributed by atoms with Gasteiger partial charge in [-0.05, 0) is 31.0 Å². The molecule has 0 fully saturated rings. The van der Waals surface area contributed by atoms with Gasteiger partial charge in [-0.2, -0.15) is 0 Å². The van der Waals surface area contributed by atoms with Crippen LogP contribution in [-0.4, -0.2) is 23.3 Å². The number of nitrogens with zero attached hydrogens (tertiary/aromatic N) is 2. The minimum atomic E-state index is 0.580. The van der Waals surface area contributed by atoms with Crippen molar-refractivity contribution >= 4 is 17.0 Å². The standard InChI is InChI=1S/C12H17N3O/c1-9-4-5-10-11(8-9)15(12(13)14-10)6-3-7-16-2/h4-5,8H,3,6-7H2,1-2H3,(H2,13,14). The van der Waals surface area contributed by atoms with Crippen LogP contribution in [0.1, 0.15) is 12.0 Å². The molecule has 86 valence electrons. The molecule has 0 saturated carbocycles. The van der Waals surface area contributed by atoms with Crippen molar-refractivity contribution in [1.29, 1.82) is 0 Å². The number of imidazole rings is 1. The van der Waals surface area contributed by atoms with Crippen molar-refractivity contribution in [2.75, 3.05) is 19.5 Å². The summed E-state index contributed by atoms with van der Waals surface area (Å²) >= 11 is 0. The van der Waals surface area contributed by atoms with Crippen LogP contribution in [0.4, 0.5) is 5.95 Å². The van der Waals surface area contributed by atoms with Gasteiger partial charge in [0.2, 0.25) is 5.95 Å². The third-order valence-electron chi connectivity index (χ3n) is 2.66. The van der Waals surface area contributed by atoms with Crippen LogP contribution < -0.4 is 5.73 Å². The number of benzene rings is 1. The van der Waals surface area contributed by atoms with Crippen molar-refractivity contribution in [3.8, 4) is 0 Å². The monoisotopic (exact) mass is 219 g/mol. The second kappa shape index (κ2) is 4.53. The number of nitrogens with two attached hydrogens (primary N) is 1. The summed E-state index contributed by atoms with van der Waals surface area (Å²) in [5, 5.41) is 0. The van der Waals surface area contributed by atoms with Crippen LogP contribution in [-0.2, 0) is 11.3 Å². The highest BCUT2D eigenvalue weighted by Crippen LogP contribution is 2.19. The van der Waals surface area contributed by atoms with Crippen molar-refractivity contribution in [3.63, 3.8) is 0 Å². The van der Waals surface area contributed by atoms with Crippen molar-refractivity contribution in [2.45, 2.75) is 19.9 Å². The maximum Gasteiger partial charge on any atom is 0.201 e. The molecule has 0 amide bonds. The number of aromatic nitrogens is 2. The number of aryl methyl sites for hydroxylation is 2. The van der Waals surface area contributed by atoms with Gasteiger partial charge in [-0.25, -0.2) is 4.98 Å². The Labute approximate surface area is 95.0 Å². The number of fused-ring (bicyclic) bond motifs is 1. The van der Waals surface area contributed by atoms with E-state index < -0.39 is 0 Å². The molecular formula is C12H17N3O. The summed E-state index contributed by atoms with van der Waals surface area (Å²) in [4.78, 5) is 4.33. The lowest BCUT2D eigenvalue weighted by Crippen LogP contribution is -2.05. The molecule has 0 spiro atoms. The number of rotatable bonds is 4. The lowest BCUT2D eigenvalue weighted by Gasteiger charge is -2.06. The average Bonchev–Trinajstić information content (AvgIpc) is 2.56. The van der Waals surface area contributed by atoms with E-state index in [1.807, 2.05) is 16.7 Å². The highest BCUT2D eigenvalue weighted by molar-refractivity contribution is 5.79. The van der Waals surface area contributed by atoms with Crippen LogP contribution >= 0.6 is 0 Å². The average molecular weight is 219 g/mol. The molecule has 16 heavy (non-hydrogen) atoms. The molecule has 0 saturated heterocycles. The first-order valence-electron chi connectivity index (χ1n) is 5.43. The summed E-state index contributed by atoms with van der Waals surface area (Å²) in [6.07, 6.45) is 0.945. The second-order valence-corrected chi connectivity index (χ2v) is 3.96. The number of hydrogen-bond donors (Lipinski definition) is 1. The molecule has 0 aliphatic carbocycles. The minimum Gasteiger partial charge on any atom is -0.385 e. The molecular weight excluding hydrogens is 202 g/mol. The molecule has 1 aromatic carbocycles. The van der Waals surface area contributed by atoms with Crippen molar-refractivity contribution < 1.29 is 4.74 Å². The number of ether oxygens (including phenoxy) is 1. The largest absolute Gasteiger partial charge is 0.385 e. The summed E-state index contributed by atoms with van der Waals surface area (Å²) in [6.45, 7) is 3.66. The van der Waals surface area contributed by atoms with Gasteiger partial charge in [0, 0.05) is 20.3 Å². The van der Waals surface area contributed by atoms with E-state index in [0.29, 0.717) is 5.95 Å². The summed E-state index contributed by atoms with van der Waals surface area (Å²) in [6, 6.07) is 6.17. The smallest absolute Gasteiger partial charge is 0.201 e. The Morgan fingerprint density at radius 1 is 1.44 bits per heavy atom. The zero-order valence-corrected chi connectivity index (χ0v) is 9.73. The first kappa shape index (κ1) is 11.0. The summed E-state index contributed by atoms with van der Waals surface area (Å²) in [5.41, 5.74) is 9.18. The second-order valence-electron chi connectivity index (χ2n) is 3.96. The Morgan fingerprint density at radius 3 is 3.00 bits per heavy atom. The molecule has 0 radical (unpaired) electrons. The van der Waals surface area contributed by atoms with Gasteiger partial charge in [0.25, 0.3) is 0 Å².